The minimum absolute atomic E-state index is 0.151. The predicted octanol–water partition coefficient (Wildman–Crippen LogP) is 6.24. The van der Waals surface area contributed by atoms with Gasteiger partial charge in [0.05, 0.1) is 11.1 Å². The summed E-state index contributed by atoms with van der Waals surface area (Å²) in [4.78, 5) is 0. The molecule has 0 spiro atoms. The van der Waals surface area contributed by atoms with Crippen molar-refractivity contribution in [3.05, 3.63) is 69.3 Å². The second-order valence-corrected chi connectivity index (χ2v) is 5.93. The van der Waals surface area contributed by atoms with Gasteiger partial charge in [-0.25, -0.2) is 0 Å². The molecule has 0 radical (unpaired) electrons. The zero-order chi connectivity index (χ0) is 18.3. The van der Waals surface area contributed by atoms with Gasteiger partial charge in [-0.1, -0.05) is 23.8 Å². The highest BCUT2D eigenvalue weighted by Crippen LogP contribution is 2.37. The lowest BCUT2D eigenvalue weighted by atomic mass is 9.92. The number of hydrogen-bond acceptors (Lipinski definition) is 0. The first-order valence-electron chi connectivity index (χ1n) is 7.23. The van der Waals surface area contributed by atoms with Gasteiger partial charge in [0, 0.05) is 0 Å². The topological polar surface area (TPSA) is 0 Å². The molecule has 6 heteroatoms. The maximum absolute atomic E-state index is 13.3. The summed E-state index contributed by atoms with van der Waals surface area (Å²) in [7, 11) is 0. The number of hydrogen-bond donors (Lipinski definition) is 0. The Kier molecular flexibility index (Phi) is 4.70. The predicted molar refractivity (Wildman–Crippen MR) is 79.9 cm³/mol. The van der Waals surface area contributed by atoms with Gasteiger partial charge in [-0.15, -0.1) is 0 Å². The van der Waals surface area contributed by atoms with Crippen molar-refractivity contribution >= 4 is 0 Å². The molecular formula is C18H16F6. The van der Waals surface area contributed by atoms with Crippen LogP contribution in [0.2, 0.25) is 0 Å². The molecule has 0 N–H and O–H groups in total. The van der Waals surface area contributed by atoms with E-state index < -0.39 is 29.9 Å². The molecule has 0 unspecified atom stereocenters. The average Bonchev–Trinajstić information content (AvgIpc) is 2.40. The Morgan fingerprint density at radius 1 is 0.667 bits per heavy atom. The normalized spacial score (nSPS) is 12.5. The molecule has 2 aromatic carbocycles. The molecule has 0 amide bonds. The summed E-state index contributed by atoms with van der Waals surface area (Å²) in [6.45, 7) is 4.79. The molecular weight excluding hydrogens is 330 g/mol. The molecule has 130 valence electrons. The van der Waals surface area contributed by atoms with Crippen molar-refractivity contribution < 1.29 is 26.3 Å². The van der Waals surface area contributed by atoms with Crippen LogP contribution in [-0.2, 0) is 18.8 Å². The Hall–Kier alpha value is -1.98. The van der Waals surface area contributed by atoms with Crippen LogP contribution in [0.5, 0.6) is 0 Å². The lowest BCUT2D eigenvalue weighted by Gasteiger charge is -2.18. The molecule has 0 saturated carbocycles. The van der Waals surface area contributed by atoms with Crippen molar-refractivity contribution in [2.75, 3.05) is 0 Å². The first-order valence-corrected chi connectivity index (χ1v) is 7.23. The molecule has 0 heterocycles. The van der Waals surface area contributed by atoms with Gasteiger partial charge >= 0.3 is 12.4 Å². The van der Waals surface area contributed by atoms with Crippen LogP contribution < -0.4 is 0 Å². The smallest absolute Gasteiger partial charge is 0.166 e. The zero-order valence-corrected chi connectivity index (χ0v) is 13.4. The van der Waals surface area contributed by atoms with Gasteiger partial charge in [0.15, 0.2) is 0 Å². The van der Waals surface area contributed by atoms with Crippen molar-refractivity contribution in [1.29, 1.82) is 0 Å². The monoisotopic (exact) mass is 346 g/mol. The average molecular weight is 346 g/mol. The van der Waals surface area contributed by atoms with E-state index in [9.17, 15) is 26.3 Å². The lowest BCUT2D eigenvalue weighted by molar-refractivity contribution is -0.138. The number of rotatable bonds is 2. The van der Waals surface area contributed by atoms with E-state index in [4.69, 9.17) is 0 Å². The van der Waals surface area contributed by atoms with E-state index in [1.54, 1.807) is 20.8 Å². The highest BCUT2D eigenvalue weighted by molar-refractivity contribution is 5.44. The van der Waals surface area contributed by atoms with Crippen molar-refractivity contribution in [3.8, 4) is 0 Å². The summed E-state index contributed by atoms with van der Waals surface area (Å²) in [5.41, 5.74) is -0.474. The van der Waals surface area contributed by atoms with Gasteiger partial charge in [-0.2, -0.15) is 26.3 Å². The molecule has 2 aromatic rings. The van der Waals surface area contributed by atoms with Gasteiger partial charge in [0.2, 0.25) is 0 Å². The van der Waals surface area contributed by atoms with Crippen LogP contribution in [0, 0.1) is 20.8 Å². The van der Waals surface area contributed by atoms with Crippen LogP contribution >= 0.6 is 0 Å². The van der Waals surface area contributed by atoms with E-state index in [0.717, 1.165) is 12.1 Å². The Balaban J connectivity index is 2.61. The fourth-order valence-electron chi connectivity index (χ4n) is 2.64. The minimum atomic E-state index is -4.62. The van der Waals surface area contributed by atoms with Crippen molar-refractivity contribution in [3.63, 3.8) is 0 Å². The molecule has 0 aliphatic carbocycles. The standard InChI is InChI=1S/C18H16F6/c1-10-4-5-15(17(19,20)21)13(6-10)9-14-7-11(2)12(3)8-16(14)18(22,23)24/h4-8H,9H2,1-3H3. The van der Waals surface area contributed by atoms with Crippen LogP contribution in [-0.4, -0.2) is 0 Å². The summed E-state index contributed by atoms with van der Waals surface area (Å²) in [6.07, 6.45) is -9.65. The highest BCUT2D eigenvalue weighted by atomic mass is 19.4. The van der Waals surface area contributed by atoms with E-state index in [2.05, 4.69) is 0 Å². The number of alkyl halides is 6. The third-order valence-electron chi connectivity index (χ3n) is 3.97. The maximum atomic E-state index is 13.3. The maximum Gasteiger partial charge on any atom is 0.416 e. The van der Waals surface area contributed by atoms with E-state index in [1.807, 2.05) is 0 Å². The molecule has 0 nitrogen and oxygen atoms in total. The summed E-state index contributed by atoms with van der Waals surface area (Å²) < 4.78 is 79.2. The molecule has 2 rings (SSSR count). The number of halogens is 6. The Bertz CT molecular complexity index is 753. The molecule has 0 bridgehead atoms. The van der Waals surface area contributed by atoms with Crippen LogP contribution in [0.15, 0.2) is 30.3 Å². The lowest BCUT2D eigenvalue weighted by Crippen LogP contribution is -2.14. The third-order valence-corrected chi connectivity index (χ3v) is 3.97. The van der Waals surface area contributed by atoms with Gasteiger partial charge in [0.1, 0.15) is 0 Å². The SMILES string of the molecule is Cc1ccc(C(F)(F)F)c(Cc2cc(C)c(C)cc2C(F)(F)F)c1. The summed E-state index contributed by atoms with van der Waals surface area (Å²) in [5.74, 6) is 0. The quantitative estimate of drug-likeness (QED) is 0.565. The van der Waals surface area contributed by atoms with Crippen molar-refractivity contribution in [2.24, 2.45) is 0 Å². The molecule has 0 atom stereocenters. The minimum Gasteiger partial charge on any atom is -0.166 e. The molecule has 0 aromatic heterocycles. The molecule has 0 saturated heterocycles. The number of benzene rings is 2. The van der Waals surface area contributed by atoms with Gasteiger partial charge < -0.3 is 0 Å². The van der Waals surface area contributed by atoms with Crippen LogP contribution in [0.3, 0.4) is 0 Å². The fourth-order valence-corrected chi connectivity index (χ4v) is 2.64. The van der Waals surface area contributed by atoms with E-state index in [-0.39, 0.29) is 11.1 Å². The zero-order valence-electron chi connectivity index (χ0n) is 13.4. The first-order chi connectivity index (χ1) is 10.9. The van der Waals surface area contributed by atoms with Crippen molar-refractivity contribution in [2.45, 2.75) is 39.5 Å². The summed E-state index contributed by atoms with van der Waals surface area (Å²) in [6, 6.07) is 5.82. The Morgan fingerprint density at radius 3 is 1.71 bits per heavy atom. The second kappa shape index (κ2) is 6.15. The fraction of sp³-hybridized carbons (Fsp3) is 0.333. The largest absolute Gasteiger partial charge is 0.416 e. The molecule has 24 heavy (non-hydrogen) atoms. The molecule has 0 fully saturated rings. The van der Waals surface area contributed by atoms with E-state index in [1.165, 1.54) is 18.2 Å². The van der Waals surface area contributed by atoms with E-state index >= 15 is 0 Å². The van der Waals surface area contributed by atoms with Crippen LogP contribution in [0.4, 0.5) is 26.3 Å². The second-order valence-electron chi connectivity index (χ2n) is 5.93. The van der Waals surface area contributed by atoms with Gasteiger partial charge in [0.25, 0.3) is 0 Å². The Labute approximate surface area is 136 Å². The Morgan fingerprint density at radius 2 is 1.17 bits per heavy atom. The van der Waals surface area contributed by atoms with Gasteiger partial charge in [-0.05, 0) is 61.6 Å². The molecule has 0 aliphatic heterocycles. The number of aryl methyl sites for hydroxylation is 3. The molecule has 0 aliphatic rings. The third kappa shape index (κ3) is 3.91. The summed E-state index contributed by atoms with van der Waals surface area (Å²) in [5, 5.41) is 0. The van der Waals surface area contributed by atoms with Crippen LogP contribution in [0.25, 0.3) is 0 Å². The summed E-state index contributed by atoms with van der Waals surface area (Å²) >= 11 is 0. The highest BCUT2D eigenvalue weighted by Gasteiger charge is 2.36. The van der Waals surface area contributed by atoms with Crippen molar-refractivity contribution in [1.82, 2.24) is 0 Å². The van der Waals surface area contributed by atoms with Gasteiger partial charge in [-0.3, -0.25) is 0 Å². The first kappa shape index (κ1) is 18.4. The van der Waals surface area contributed by atoms with E-state index in [0.29, 0.717) is 16.7 Å². The van der Waals surface area contributed by atoms with Crippen LogP contribution in [0.1, 0.15) is 38.9 Å².